The summed E-state index contributed by atoms with van der Waals surface area (Å²) in [4.78, 5) is 0. The summed E-state index contributed by atoms with van der Waals surface area (Å²) in [5, 5.41) is 8.24. The van der Waals surface area contributed by atoms with Crippen LogP contribution in [0.3, 0.4) is 0 Å². The van der Waals surface area contributed by atoms with E-state index >= 15 is 0 Å². The Morgan fingerprint density at radius 1 is 1.50 bits per heavy atom. The van der Waals surface area contributed by atoms with Gasteiger partial charge >= 0.3 is 0 Å². The zero-order chi connectivity index (χ0) is 10.4. The quantitative estimate of drug-likeness (QED) is 0.683. The molecule has 0 aliphatic carbocycles. The van der Waals surface area contributed by atoms with Crippen LogP contribution in [0.15, 0.2) is 6.20 Å². The third-order valence-corrected chi connectivity index (χ3v) is 2.64. The van der Waals surface area contributed by atoms with Crippen molar-refractivity contribution in [3.8, 4) is 0 Å². The zero-order valence-electron chi connectivity index (χ0n) is 8.91. The Morgan fingerprint density at radius 3 is 2.86 bits per heavy atom. The Balaban J connectivity index is 2.15. The summed E-state index contributed by atoms with van der Waals surface area (Å²) >= 11 is 6.11. The van der Waals surface area contributed by atoms with Crippen LogP contribution in [0.25, 0.3) is 0 Å². The van der Waals surface area contributed by atoms with Gasteiger partial charge in [-0.1, -0.05) is 18.6 Å². The molecule has 0 fully saturated rings. The number of halogens is 1. The topological polar surface area (TPSA) is 30.7 Å². The maximum absolute atomic E-state index is 6.11. The average Bonchev–Trinajstić information content (AvgIpc) is 2.52. The second-order valence-corrected chi connectivity index (χ2v) is 4.28. The van der Waals surface area contributed by atoms with Gasteiger partial charge < -0.3 is 0 Å². The van der Waals surface area contributed by atoms with Gasteiger partial charge in [-0.25, -0.2) is 0 Å². The molecule has 0 saturated heterocycles. The predicted octanol–water partition coefficient (Wildman–Crippen LogP) is 2.55. The summed E-state index contributed by atoms with van der Waals surface area (Å²) in [7, 11) is 1.89. The highest BCUT2D eigenvalue weighted by atomic mass is 35.5. The van der Waals surface area contributed by atoms with E-state index in [2.05, 4.69) is 17.2 Å². The van der Waals surface area contributed by atoms with E-state index in [9.17, 15) is 0 Å². The van der Waals surface area contributed by atoms with Crippen molar-refractivity contribution in [2.24, 2.45) is 7.05 Å². The molecule has 1 heterocycles. The van der Waals surface area contributed by atoms with Gasteiger partial charge in [0.1, 0.15) is 0 Å². The number of aryl methyl sites for hydroxylation is 2. The Morgan fingerprint density at radius 2 is 2.29 bits per heavy atom. The van der Waals surface area contributed by atoms with Crippen molar-refractivity contribution in [1.82, 2.24) is 15.0 Å². The molecule has 80 valence electrons. The minimum absolute atomic E-state index is 0.330. The first kappa shape index (κ1) is 11.5. The molecule has 0 radical (unpaired) electrons. The molecule has 3 nitrogen and oxygen atoms in total. The number of alkyl halides is 1. The van der Waals surface area contributed by atoms with Gasteiger partial charge in [0.2, 0.25) is 0 Å². The third kappa shape index (κ3) is 4.09. The monoisotopic (exact) mass is 215 g/mol. The SMILES string of the molecule is CCCC(Cl)CCCc1cn(C)nn1. The molecule has 0 spiro atoms. The molecular formula is C10H18ClN3. The minimum atomic E-state index is 0.330. The highest BCUT2D eigenvalue weighted by Gasteiger charge is 2.04. The van der Waals surface area contributed by atoms with E-state index in [1.807, 2.05) is 13.2 Å². The van der Waals surface area contributed by atoms with Crippen LogP contribution in [0.1, 0.15) is 38.3 Å². The molecule has 4 heteroatoms. The molecule has 0 aromatic carbocycles. The van der Waals surface area contributed by atoms with Gasteiger partial charge in [0.15, 0.2) is 0 Å². The summed E-state index contributed by atoms with van der Waals surface area (Å²) in [5.41, 5.74) is 1.06. The van der Waals surface area contributed by atoms with E-state index < -0.39 is 0 Å². The van der Waals surface area contributed by atoms with Gasteiger partial charge in [-0.3, -0.25) is 4.68 Å². The van der Waals surface area contributed by atoms with E-state index in [0.717, 1.165) is 31.4 Å². The fraction of sp³-hybridized carbons (Fsp3) is 0.800. The second kappa shape index (κ2) is 6.02. The molecule has 1 rings (SSSR count). The maximum atomic E-state index is 6.11. The summed E-state index contributed by atoms with van der Waals surface area (Å²) in [5.74, 6) is 0. The first-order chi connectivity index (χ1) is 6.72. The van der Waals surface area contributed by atoms with Gasteiger partial charge in [-0.2, -0.15) is 0 Å². The van der Waals surface area contributed by atoms with Crippen LogP contribution in [0.4, 0.5) is 0 Å². The van der Waals surface area contributed by atoms with Crippen LogP contribution in [0.2, 0.25) is 0 Å². The molecular weight excluding hydrogens is 198 g/mol. The fourth-order valence-corrected chi connectivity index (χ4v) is 1.84. The largest absolute Gasteiger partial charge is 0.255 e. The Bertz CT molecular complexity index is 260. The number of rotatable bonds is 6. The third-order valence-electron chi connectivity index (χ3n) is 2.20. The summed E-state index contributed by atoms with van der Waals surface area (Å²) in [6, 6.07) is 0. The molecule has 0 bridgehead atoms. The van der Waals surface area contributed by atoms with Crippen molar-refractivity contribution in [1.29, 1.82) is 0 Å². The van der Waals surface area contributed by atoms with Crippen molar-refractivity contribution < 1.29 is 0 Å². The number of nitrogens with zero attached hydrogens (tertiary/aromatic N) is 3. The summed E-state index contributed by atoms with van der Waals surface area (Å²) < 4.78 is 1.74. The molecule has 1 unspecified atom stereocenters. The van der Waals surface area contributed by atoms with Gasteiger partial charge in [0, 0.05) is 18.6 Å². The van der Waals surface area contributed by atoms with Crippen LogP contribution < -0.4 is 0 Å². The Kier molecular flexibility index (Phi) is 4.94. The van der Waals surface area contributed by atoms with Gasteiger partial charge in [-0.05, 0) is 25.7 Å². The average molecular weight is 216 g/mol. The standard InChI is InChI=1S/C10H18ClN3/c1-3-5-9(11)6-4-7-10-8-14(2)13-12-10/h8-9H,3-7H2,1-2H3. The van der Waals surface area contributed by atoms with E-state index in [0.29, 0.717) is 5.38 Å². The Labute approximate surface area is 90.4 Å². The lowest BCUT2D eigenvalue weighted by Crippen LogP contribution is -1.98. The Hall–Kier alpha value is -0.570. The van der Waals surface area contributed by atoms with Crippen molar-refractivity contribution in [3.05, 3.63) is 11.9 Å². The van der Waals surface area contributed by atoms with Crippen LogP contribution >= 0.6 is 11.6 Å². The minimum Gasteiger partial charge on any atom is -0.255 e. The molecule has 1 aromatic heterocycles. The van der Waals surface area contributed by atoms with Crippen molar-refractivity contribution in [3.63, 3.8) is 0 Å². The lowest BCUT2D eigenvalue weighted by molar-refractivity contribution is 0.635. The molecule has 0 saturated carbocycles. The van der Waals surface area contributed by atoms with Gasteiger partial charge in [-0.15, -0.1) is 16.7 Å². The van der Waals surface area contributed by atoms with Crippen molar-refractivity contribution >= 4 is 11.6 Å². The summed E-state index contributed by atoms with van der Waals surface area (Å²) in [6.45, 7) is 2.16. The van der Waals surface area contributed by atoms with Gasteiger partial charge in [0.05, 0.1) is 5.69 Å². The number of hydrogen-bond acceptors (Lipinski definition) is 2. The molecule has 0 aliphatic rings. The molecule has 1 aromatic rings. The number of aromatic nitrogens is 3. The molecule has 0 aliphatic heterocycles. The van der Waals surface area contributed by atoms with Gasteiger partial charge in [0.25, 0.3) is 0 Å². The van der Waals surface area contributed by atoms with E-state index in [1.54, 1.807) is 4.68 Å². The zero-order valence-corrected chi connectivity index (χ0v) is 9.67. The highest BCUT2D eigenvalue weighted by Crippen LogP contribution is 2.13. The normalized spacial score (nSPS) is 13.1. The molecule has 0 N–H and O–H groups in total. The lowest BCUT2D eigenvalue weighted by Gasteiger charge is -2.05. The first-order valence-corrected chi connectivity index (χ1v) is 5.65. The second-order valence-electron chi connectivity index (χ2n) is 3.66. The van der Waals surface area contributed by atoms with Crippen LogP contribution in [0.5, 0.6) is 0 Å². The number of hydrogen-bond donors (Lipinski definition) is 0. The van der Waals surface area contributed by atoms with Crippen LogP contribution in [0, 0.1) is 0 Å². The smallest absolute Gasteiger partial charge is 0.0827 e. The molecule has 1 atom stereocenters. The van der Waals surface area contributed by atoms with Crippen molar-refractivity contribution in [2.75, 3.05) is 0 Å². The molecule has 14 heavy (non-hydrogen) atoms. The van der Waals surface area contributed by atoms with E-state index in [1.165, 1.54) is 6.42 Å². The maximum Gasteiger partial charge on any atom is 0.0827 e. The highest BCUT2D eigenvalue weighted by molar-refractivity contribution is 6.20. The van der Waals surface area contributed by atoms with E-state index in [4.69, 9.17) is 11.6 Å². The lowest BCUT2D eigenvalue weighted by atomic mass is 10.1. The molecule has 0 amide bonds. The fourth-order valence-electron chi connectivity index (χ4n) is 1.47. The van der Waals surface area contributed by atoms with E-state index in [-0.39, 0.29) is 0 Å². The predicted molar refractivity (Wildman–Crippen MR) is 58.5 cm³/mol. The first-order valence-electron chi connectivity index (χ1n) is 5.21. The van der Waals surface area contributed by atoms with Crippen LogP contribution in [-0.2, 0) is 13.5 Å². The van der Waals surface area contributed by atoms with Crippen LogP contribution in [-0.4, -0.2) is 20.4 Å². The van der Waals surface area contributed by atoms with Crippen molar-refractivity contribution in [2.45, 2.75) is 44.4 Å². The summed E-state index contributed by atoms with van der Waals surface area (Å²) in [6.07, 6.45) is 7.41.